The van der Waals surface area contributed by atoms with E-state index in [1.54, 1.807) is 24.3 Å². The molecule has 0 saturated heterocycles. The topological polar surface area (TPSA) is 75.3 Å². The quantitative estimate of drug-likeness (QED) is 0.771. The van der Waals surface area contributed by atoms with Crippen LogP contribution in [0.3, 0.4) is 0 Å². The van der Waals surface area contributed by atoms with Gasteiger partial charge in [0.2, 0.25) is 5.91 Å². The summed E-state index contributed by atoms with van der Waals surface area (Å²) in [5.74, 6) is -0.169. The maximum atomic E-state index is 12.3. The van der Waals surface area contributed by atoms with Gasteiger partial charge in [0.05, 0.1) is 17.3 Å². The molecule has 1 heterocycles. The highest BCUT2D eigenvalue weighted by atomic mass is 79.9. The third kappa shape index (κ3) is 4.45. The van der Waals surface area contributed by atoms with Crippen molar-refractivity contribution in [3.05, 3.63) is 44.7 Å². The molecule has 0 unspecified atom stereocenters. The van der Waals surface area contributed by atoms with Crippen molar-refractivity contribution in [1.29, 1.82) is 0 Å². The molecule has 0 bridgehead atoms. The third-order valence-corrected chi connectivity index (χ3v) is 6.34. The molecule has 9 heteroatoms. The van der Waals surface area contributed by atoms with E-state index in [0.29, 0.717) is 17.3 Å². The molecule has 2 rings (SSSR count). The summed E-state index contributed by atoms with van der Waals surface area (Å²) in [7, 11) is -3.71. The van der Waals surface area contributed by atoms with Gasteiger partial charge in [-0.3, -0.25) is 9.52 Å². The zero-order valence-electron chi connectivity index (χ0n) is 11.4. The summed E-state index contributed by atoms with van der Waals surface area (Å²) in [5.41, 5.74) is 0.307. The van der Waals surface area contributed by atoms with Crippen molar-refractivity contribution in [2.45, 2.75) is 17.7 Å². The fourth-order valence-corrected chi connectivity index (χ4v) is 4.73. The van der Waals surface area contributed by atoms with Gasteiger partial charge in [0.25, 0.3) is 10.0 Å². The Labute approximate surface area is 145 Å². The van der Waals surface area contributed by atoms with E-state index in [4.69, 9.17) is 11.6 Å². The molecule has 0 radical (unpaired) electrons. The lowest BCUT2D eigenvalue weighted by Crippen LogP contribution is -2.18. The van der Waals surface area contributed by atoms with E-state index < -0.39 is 10.0 Å². The molecule has 1 aromatic heterocycles. The smallest absolute Gasteiger partial charge is 0.271 e. The van der Waals surface area contributed by atoms with E-state index >= 15 is 0 Å². The third-order valence-electron chi connectivity index (χ3n) is 2.59. The molecule has 0 fully saturated rings. The summed E-state index contributed by atoms with van der Waals surface area (Å²) in [6.45, 7) is 1.71. The molecule has 0 saturated carbocycles. The molecule has 0 aliphatic heterocycles. The molecule has 2 N–H and O–H groups in total. The summed E-state index contributed by atoms with van der Waals surface area (Å²) in [6, 6.07) is 8.04. The van der Waals surface area contributed by atoms with Crippen molar-refractivity contribution in [1.82, 2.24) is 5.32 Å². The van der Waals surface area contributed by atoms with Crippen LogP contribution in [0.1, 0.15) is 11.8 Å². The fourth-order valence-electron chi connectivity index (χ4n) is 1.58. The normalized spacial score (nSPS) is 11.2. The number of nitrogens with one attached hydrogen (secondary N) is 2. The molecule has 0 aliphatic carbocycles. The Hall–Kier alpha value is -1.09. The van der Waals surface area contributed by atoms with Crippen LogP contribution in [-0.2, 0) is 21.4 Å². The Morgan fingerprint density at radius 3 is 2.68 bits per heavy atom. The van der Waals surface area contributed by atoms with Crippen molar-refractivity contribution in [3.63, 3.8) is 0 Å². The minimum Gasteiger partial charge on any atom is -0.351 e. The minimum atomic E-state index is -3.71. The zero-order valence-corrected chi connectivity index (χ0v) is 15.4. The number of sulfonamides is 1. The first-order valence-electron chi connectivity index (χ1n) is 6.09. The minimum absolute atomic E-state index is 0.159. The number of hydrogen-bond acceptors (Lipinski definition) is 4. The summed E-state index contributed by atoms with van der Waals surface area (Å²) in [5, 5.41) is 2.92. The van der Waals surface area contributed by atoms with Gasteiger partial charge in [-0.05, 0) is 30.3 Å². The number of carbonyl (C=O) groups excluding carboxylic acids is 1. The highest BCUT2D eigenvalue weighted by molar-refractivity contribution is 9.10. The summed E-state index contributed by atoms with van der Waals surface area (Å²) in [4.78, 5) is 11.6. The average molecular weight is 424 g/mol. The van der Waals surface area contributed by atoms with Crippen molar-refractivity contribution in [2.75, 3.05) is 4.72 Å². The summed E-state index contributed by atoms with van der Waals surface area (Å²) in [6.07, 6.45) is 0. The van der Waals surface area contributed by atoms with Crippen LogP contribution in [0.15, 0.2) is 39.0 Å². The highest BCUT2D eigenvalue weighted by Gasteiger charge is 2.18. The van der Waals surface area contributed by atoms with Gasteiger partial charge in [0.1, 0.15) is 4.21 Å². The van der Waals surface area contributed by atoms with Crippen LogP contribution in [0.4, 0.5) is 5.69 Å². The van der Waals surface area contributed by atoms with Crippen LogP contribution in [-0.4, -0.2) is 14.3 Å². The summed E-state index contributed by atoms with van der Waals surface area (Å²) >= 11 is 10.4. The van der Waals surface area contributed by atoms with Crippen molar-refractivity contribution in [3.8, 4) is 0 Å². The van der Waals surface area contributed by atoms with E-state index in [2.05, 4.69) is 26.0 Å². The Bertz CT molecular complexity index is 805. The number of anilines is 1. The Balaban J connectivity index is 2.18. The molecule has 22 heavy (non-hydrogen) atoms. The SMILES string of the molecule is CC(=O)NCc1ccc(S(=O)(=O)Nc2ccc(Br)cc2Cl)s1. The molecule has 0 aliphatic rings. The monoisotopic (exact) mass is 422 g/mol. The number of amides is 1. The van der Waals surface area contributed by atoms with Gasteiger partial charge in [-0.2, -0.15) is 0 Å². The standard InChI is InChI=1S/C13H12BrClN2O3S2/c1-8(18)16-7-10-3-5-13(21-10)22(19,20)17-12-4-2-9(14)6-11(12)15/h2-6,17H,7H2,1H3,(H,16,18). The number of halogens is 2. The summed E-state index contributed by atoms with van der Waals surface area (Å²) < 4.78 is 28.0. The number of hydrogen-bond donors (Lipinski definition) is 2. The molecule has 1 aromatic carbocycles. The van der Waals surface area contributed by atoms with Gasteiger partial charge in [-0.25, -0.2) is 8.42 Å². The lowest BCUT2D eigenvalue weighted by atomic mass is 10.3. The van der Waals surface area contributed by atoms with Gasteiger partial charge in [-0.15, -0.1) is 11.3 Å². The lowest BCUT2D eigenvalue weighted by Gasteiger charge is -2.08. The van der Waals surface area contributed by atoms with E-state index in [1.807, 2.05) is 0 Å². The fraction of sp³-hybridized carbons (Fsp3) is 0.154. The molecular weight excluding hydrogens is 412 g/mol. The Kier molecular flexibility index (Phi) is 5.49. The average Bonchev–Trinajstić information content (AvgIpc) is 2.89. The van der Waals surface area contributed by atoms with Crippen LogP contribution < -0.4 is 10.0 Å². The Morgan fingerprint density at radius 2 is 2.05 bits per heavy atom. The lowest BCUT2D eigenvalue weighted by molar-refractivity contribution is -0.119. The number of carbonyl (C=O) groups is 1. The largest absolute Gasteiger partial charge is 0.351 e. The molecule has 0 spiro atoms. The number of benzene rings is 1. The highest BCUT2D eigenvalue weighted by Crippen LogP contribution is 2.29. The first-order valence-corrected chi connectivity index (χ1v) is 9.56. The van der Waals surface area contributed by atoms with Crippen LogP contribution in [0.5, 0.6) is 0 Å². The van der Waals surface area contributed by atoms with Crippen LogP contribution in [0.2, 0.25) is 5.02 Å². The predicted molar refractivity (Wildman–Crippen MR) is 91.8 cm³/mol. The van der Waals surface area contributed by atoms with Crippen LogP contribution in [0, 0.1) is 0 Å². The molecule has 5 nitrogen and oxygen atoms in total. The second kappa shape index (κ2) is 6.99. The molecule has 118 valence electrons. The van der Waals surface area contributed by atoms with Gasteiger partial charge < -0.3 is 5.32 Å². The molecular formula is C13H12BrClN2O3S2. The second-order valence-electron chi connectivity index (χ2n) is 4.36. The molecule has 2 aromatic rings. The van der Waals surface area contributed by atoms with Crippen LogP contribution in [0.25, 0.3) is 0 Å². The first-order chi connectivity index (χ1) is 10.3. The Morgan fingerprint density at radius 1 is 1.32 bits per heavy atom. The maximum Gasteiger partial charge on any atom is 0.271 e. The van der Waals surface area contributed by atoms with Crippen LogP contribution >= 0.6 is 38.9 Å². The van der Waals surface area contributed by atoms with E-state index in [-0.39, 0.29) is 10.1 Å². The number of thiophene rings is 1. The molecule has 0 atom stereocenters. The van der Waals surface area contributed by atoms with Gasteiger partial charge in [0.15, 0.2) is 0 Å². The van der Waals surface area contributed by atoms with E-state index in [0.717, 1.165) is 20.7 Å². The van der Waals surface area contributed by atoms with Crippen molar-refractivity contribution in [2.24, 2.45) is 0 Å². The van der Waals surface area contributed by atoms with Gasteiger partial charge >= 0.3 is 0 Å². The number of rotatable bonds is 5. The van der Waals surface area contributed by atoms with Crippen molar-refractivity contribution < 1.29 is 13.2 Å². The maximum absolute atomic E-state index is 12.3. The van der Waals surface area contributed by atoms with Gasteiger partial charge in [-0.1, -0.05) is 27.5 Å². The van der Waals surface area contributed by atoms with E-state index in [1.165, 1.54) is 13.0 Å². The second-order valence-corrected chi connectivity index (χ2v) is 8.76. The predicted octanol–water partition coefficient (Wildman–Crippen LogP) is 3.60. The zero-order chi connectivity index (χ0) is 16.3. The van der Waals surface area contributed by atoms with Gasteiger partial charge in [0, 0.05) is 16.3 Å². The first kappa shape index (κ1) is 17.3. The van der Waals surface area contributed by atoms with E-state index in [9.17, 15) is 13.2 Å². The van der Waals surface area contributed by atoms with Crippen molar-refractivity contribution >= 4 is 60.5 Å². The molecule has 1 amide bonds.